The quantitative estimate of drug-likeness (QED) is 0.437. The summed E-state index contributed by atoms with van der Waals surface area (Å²) in [5.41, 5.74) is 6.24. The molecule has 34 heavy (non-hydrogen) atoms. The predicted molar refractivity (Wildman–Crippen MR) is 137 cm³/mol. The van der Waals surface area contributed by atoms with Crippen molar-refractivity contribution >= 4 is 27.5 Å². The summed E-state index contributed by atoms with van der Waals surface area (Å²) in [4.78, 5) is 13.2. The van der Waals surface area contributed by atoms with Gasteiger partial charge < -0.3 is 5.32 Å². The van der Waals surface area contributed by atoms with Crippen LogP contribution in [0.3, 0.4) is 0 Å². The fourth-order valence-corrected chi connectivity index (χ4v) is 5.43. The van der Waals surface area contributed by atoms with Crippen molar-refractivity contribution in [2.45, 2.75) is 52.1 Å². The van der Waals surface area contributed by atoms with E-state index in [1.54, 1.807) is 0 Å². The monoisotopic (exact) mass is 498 g/mol. The standard InChI is InChI=1S/C27H31ClN2O3S/c1-18-8-6-7-9-23(18)16-30(34(32,33)25-12-10-24(28)11-13-25)17-27(31)29-22(5)26-15-20(3)19(2)14-21(26)4/h6-15,22H,16-17H2,1-5H3,(H,29,31)/t22-/m1/s1. The first-order valence-corrected chi connectivity index (χ1v) is 13.0. The highest BCUT2D eigenvalue weighted by Gasteiger charge is 2.28. The third-order valence-corrected chi connectivity index (χ3v) is 8.16. The Labute approximate surface area is 207 Å². The van der Waals surface area contributed by atoms with Crippen LogP contribution in [0.1, 0.15) is 46.3 Å². The molecule has 3 aromatic rings. The SMILES string of the molecule is Cc1cc(C)c([C@@H](C)NC(=O)CN(Cc2ccccc2C)S(=O)(=O)c2ccc(Cl)cc2)cc1C. The lowest BCUT2D eigenvalue weighted by Gasteiger charge is -2.24. The molecule has 0 saturated heterocycles. The second-order valence-electron chi connectivity index (χ2n) is 8.74. The molecule has 1 atom stereocenters. The summed E-state index contributed by atoms with van der Waals surface area (Å²) in [6.07, 6.45) is 0. The van der Waals surface area contributed by atoms with E-state index < -0.39 is 10.0 Å². The van der Waals surface area contributed by atoms with Crippen LogP contribution < -0.4 is 5.32 Å². The first-order chi connectivity index (χ1) is 16.0. The summed E-state index contributed by atoms with van der Waals surface area (Å²) < 4.78 is 28.2. The Balaban J connectivity index is 1.87. The molecule has 0 fully saturated rings. The van der Waals surface area contributed by atoms with Crippen molar-refractivity contribution in [1.29, 1.82) is 0 Å². The maximum absolute atomic E-state index is 13.5. The summed E-state index contributed by atoms with van der Waals surface area (Å²) >= 11 is 5.95. The number of sulfonamides is 1. The fourth-order valence-electron chi connectivity index (χ4n) is 3.93. The molecule has 0 saturated carbocycles. The highest BCUT2D eigenvalue weighted by atomic mass is 35.5. The summed E-state index contributed by atoms with van der Waals surface area (Å²) in [6.45, 7) is 9.73. The van der Waals surface area contributed by atoms with Gasteiger partial charge >= 0.3 is 0 Å². The van der Waals surface area contributed by atoms with Gasteiger partial charge in [-0.05, 0) is 92.3 Å². The van der Waals surface area contributed by atoms with Gasteiger partial charge in [-0.3, -0.25) is 4.79 Å². The molecule has 180 valence electrons. The number of halogens is 1. The van der Waals surface area contributed by atoms with E-state index in [2.05, 4.69) is 24.4 Å². The van der Waals surface area contributed by atoms with Gasteiger partial charge in [-0.2, -0.15) is 4.31 Å². The maximum atomic E-state index is 13.5. The maximum Gasteiger partial charge on any atom is 0.243 e. The van der Waals surface area contributed by atoms with E-state index in [-0.39, 0.29) is 29.9 Å². The number of rotatable bonds is 8. The van der Waals surface area contributed by atoms with Crippen LogP contribution in [0.15, 0.2) is 65.6 Å². The first-order valence-electron chi connectivity index (χ1n) is 11.2. The summed E-state index contributed by atoms with van der Waals surface area (Å²) in [5, 5.41) is 3.43. The van der Waals surface area contributed by atoms with E-state index in [1.165, 1.54) is 34.1 Å². The average Bonchev–Trinajstić information content (AvgIpc) is 2.77. The van der Waals surface area contributed by atoms with E-state index in [4.69, 9.17) is 11.6 Å². The van der Waals surface area contributed by atoms with Gasteiger partial charge in [0.2, 0.25) is 15.9 Å². The molecule has 0 radical (unpaired) electrons. The number of nitrogens with one attached hydrogen (secondary N) is 1. The van der Waals surface area contributed by atoms with Gasteiger partial charge in [-0.15, -0.1) is 0 Å². The van der Waals surface area contributed by atoms with Gasteiger partial charge in [0.15, 0.2) is 0 Å². The molecule has 3 aromatic carbocycles. The Bertz CT molecular complexity index is 1290. The number of hydrogen-bond donors (Lipinski definition) is 1. The molecule has 0 aliphatic carbocycles. The molecule has 1 amide bonds. The van der Waals surface area contributed by atoms with Crippen molar-refractivity contribution in [3.05, 3.63) is 99.1 Å². The lowest BCUT2D eigenvalue weighted by molar-refractivity contribution is -0.122. The first kappa shape index (κ1) is 25.9. The second-order valence-corrected chi connectivity index (χ2v) is 11.1. The van der Waals surface area contributed by atoms with Crippen molar-refractivity contribution in [1.82, 2.24) is 9.62 Å². The number of carbonyl (C=O) groups is 1. The average molecular weight is 499 g/mol. The van der Waals surface area contributed by atoms with Crippen LogP contribution in [0, 0.1) is 27.7 Å². The minimum atomic E-state index is -3.93. The normalized spacial score (nSPS) is 12.6. The predicted octanol–water partition coefficient (Wildman–Crippen LogP) is 5.64. The lowest BCUT2D eigenvalue weighted by Crippen LogP contribution is -2.41. The molecule has 0 aliphatic heterocycles. The highest BCUT2D eigenvalue weighted by molar-refractivity contribution is 7.89. The van der Waals surface area contributed by atoms with Crippen LogP contribution in [0.2, 0.25) is 5.02 Å². The Morgan fingerprint density at radius 3 is 2.18 bits per heavy atom. The number of nitrogens with zero attached hydrogens (tertiary/aromatic N) is 1. The van der Waals surface area contributed by atoms with Gasteiger partial charge in [0.05, 0.1) is 17.5 Å². The van der Waals surface area contributed by atoms with Crippen LogP contribution in [0.4, 0.5) is 0 Å². The van der Waals surface area contributed by atoms with E-state index in [0.717, 1.165) is 27.8 Å². The zero-order valence-corrected chi connectivity index (χ0v) is 21.8. The van der Waals surface area contributed by atoms with Crippen molar-refractivity contribution in [2.75, 3.05) is 6.54 Å². The van der Waals surface area contributed by atoms with Crippen LogP contribution in [0.25, 0.3) is 0 Å². The second kappa shape index (κ2) is 10.7. The van der Waals surface area contributed by atoms with Crippen LogP contribution in [-0.4, -0.2) is 25.2 Å². The van der Waals surface area contributed by atoms with Crippen molar-refractivity contribution in [2.24, 2.45) is 0 Å². The van der Waals surface area contributed by atoms with E-state index in [1.807, 2.05) is 52.0 Å². The molecule has 7 heteroatoms. The largest absolute Gasteiger partial charge is 0.348 e. The molecule has 0 bridgehead atoms. The van der Waals surface area contributed by atoms with Gasteiger partial charge in [-0.25, -0.2) is 8.42 Å². The molecule has 0 unspecified atom stereocenters. The minimum Gasteiger partial charge on any atom is -0.348 e. The number of hydrogen-bond acceptors (Lipinski definition) is 3. The van der Waals surface area contributed by atoms with Gasteiger partial charge in [-0.1, -0.05) is 48.0 Å². The van der Waals surface area contributed by atoms with Crippen molar-refractivity contribution in [3.63, 3.8) is 0 Å². The van der Waals surface area contributed by atoms with Gasteiger partial charge in [0, 0.05) is 11.6 Å². The molecule has 5 nitrogen and oxygen atoms in total. The van der Waals surface area contributed by atoms with Gasteiger partial charge in [0.1, 0.15) is 0 Å². The Kier molecular flexibility index (Phi) is 8.18. The number of benzene rings is 3. The minimum absolute atomic E-state index is 0.0854. The summed E-state index contributed by atoms with van der Waals surface area (Å²) in [5.74, 6) is -0.365. The molecule has 0 aromatic heterocycles. The van der Waals surface area contributed by atoms with Crippen molar-refractivity contribution in [3.8, 4) is 0 Å². The highest BCUT2D eigenvalue weighted by Crippen LogP contribution is 2.24. The third kappa shape index (κ3) is 6.06. The van der Waals surface area contributed by atoms with Crippen molar-refractivity contribution < 1.29 is 13.2 Å². The van der Waals surface area contributed by atoms with E-state index >= 15 is 0 Å². The molecule has 1 N–H and O–H groups in total. The summed E-state index contributed by atoms with van der Waals surface area (Å²) in [6, 6.07) is 17.5. The molecular formula is C27H31ClN2O3S. The third-order valence-electron chi connectivity index (χ3n) is 6.11. The Morgan fingerprint density at radius 1 is 0.912 bits per heavy atom. The molecule has 0 spiro atoms. The smallest absolute Gasteiger partial charge is 0.243 e. The number of amides is 1. The summed E-state index contributed by atoms with van der Waals surface area (Å²) in [7, 11) is -3.93. The molecular weight excluding hydrogens is 468 g/mol. The van der Waals surface area contributed by atoms with Gasteiger partial charge in [0.25, 0.3) is 0 Å². The molecule has 3 rings (SSSR count). The van der Waals surface area contributed by atoms with Crippen LogP contribution in [0.5, 0.6) is 0 Å². The number of carbonyl (C=O) groups excluding carboxylic acids is 1. The van der Waals surface area contributed by atoms with Crippen LogP contribution >= 0.6 is 11.6 Å². The number of aryl methyl sites for hydroxylation is 4. The van der Waals surface area contributed by atoms with E-state index in [0.29, 0.717) is 5.02 Å². The Morgan fingerprint density at radius 2 is 1.53 bits per heavy atom. The van der Waals surface area contributed by atoms with E-state index in [9.17, 15) is 13.2 Å². The lowest BCUT2D eigenvalue weighted by atomic mass is 9.96. The zero-order chi connectivity index (χ0) is 25.0. The topological polar surface area (TPSA) is 66.5 Å². The fraction of sp³-hybridized carbons (Fsp3) is 0.296. The van der Waals surface area contributed by atoms with Crippen LogP contribution in [-0.2, 0) is 21.4 Å². The molecule has 0 aliphatic rings. The molecule has 0 heterocycles. The Hall–Kier alpha value is -2.67. The zero-order valence-electron chi connectivity index (χ0n) is 20.2.